The molecule has 2 aromatic carbocycles. The maximum atomic E-state index is 2.34. The molecule has 3 rings (SSSR count). The van der Waals surface area contributed by atoms with Crippen molar-refractivity contribution in [3.63, 3.8) is 0 Å². The zero-order valence-corrected chi connectivity index (χ0v) is 10.1. The summed E-state index contributed by atoms with van der Waals surface area (Å²) in [5.74, 6) is 0. The Morgan fingerprint density at radius 1 is 1.12 bits per heavy atom. The van der Waals surface area contributed by atoms with Crippen LogP contribution >= 0.6 is 0 Å². The fourth-order valence-corrected chi connectivity index (χ4v) is 2.47. The Hall–Kier alpha value is -1.82. The molecular weight excluding hydrogens is 204 g/mol. The number of aryl methyl sites for hydroxylation is 1. The van der Waals surface area contributed by atoms with E-state index in [-0.39, 0.29) is 0 Å². The smallest absolute Gasteiger partial charge is 0.0105 e. The summed E-state index contributed by atoms with van der Waals surface area (Å²) in [5.41, 5.74) is 4.17. The molecule has 0 aliphatic heterocycles. The maximum Gasteiger partial charge on any atom is -0.0105 e. The van der Waals surface area contributed by atoms with Gasteiger partial charge < -0.3 is 0 Å². The second kappa shape index (κ2) is 4.21. The number of allylic oxidation sites excluding steroid dienone is 4. The second-order valence-electron chi connectivity index (χ2n) is 4.52. The van der Waals surface area contributed by atoms with E-state index in [1.54, 1.807) is 0 Å². The van der Waals surface area contributed by atoms with Crippen molar-refractivity contribution >= 4 is 16.3 Å². The molecular formula is C17H16. The second-order valence-corrected chi connectivity index (χ2v) is 4.52. The van der Waals surface area contributed by atoms with E-state index in [0.29, 0.717) is 0 Å². The van der Waals surface area contributed by atoms with Crippen molar-refractivity contribution in [2.45, 2.75) is 19.8 Å². The van der Waals surface area contributed by atoms with Crippen LogP contribution in [0.2, 0.25) is 0 Å². The van der Waals surface area contributed by atoms with Gasteiger partial charge in [-0.1, -0.05) is 61.5 Å². The number of hydrogen-bond acceptors (Lipinski definition) is 0. The van der Waals surface area contributed by atoms with E-state index in [9.17, 15) is 0 Å². The molecule has 17 heavy (non-hydrogen) atoms. The van der Waals surface area contributed by atoms with Gasteiger partial charge in [-0.05, 0) is 40.3 Å². The lowest BCUT2D eigenvalue weighted by Gasteiger charge is -2.09. The van der Waals surface area contributed by atoms with Gasteiger partial charge in [-0.3, -0.25) is 0 Å². The summed E-state index contributed by atoms with van der Waals surface area (Å²) in [7, 11) is 0. The first-order valence-corrected chi connectivity index (χ1v) is 6.27. The largest absolute Gasteiger partial charge is 0.0801 e. The molecule has 0 fully saturated rings. The first-order chi connectivity index (χ1) is 8.38. The minimum Gasteiger partial charge on any atom is -0.0801 e. The predicted octanol–water partition coefficient (Wildman–Crippen LogP) is 4.75. The average Bonchev–Trinajstić information content (AvgIpc) is 2.91. The molecule has 0 heteroatoms. The van der Waals surface area contributed by atoms with Gasteiger partial charge in [-0.15, -0.1) is 0 Å². The molecule has 0 unspecified atom stereocenters. The van der Waals surface area contributed by atoms with Crippen LogP contribution in [0.5, 0.6) is 0 Å². The third-order valence-electron chi connectivity index (χ3n) is 3.41. The molecule has 0 aromatic heterocycles. The zero-order chi connectivity index (χ0) is 11.7. The summed E-state index contributed by atoms with van der Waals surface area (Å²) in [6.07, 6.45) is 8.93. The number of hydrogen-bond donors (Lipinski definition) is 0. The lowest BCUT2D eigenvalue weighted by atomic mass is 9.95. The molecule has 0 N–H and O–H groups in total. The molecule has 84 valence electrons. The summed E-state index contributed by atoms with van der Waals surface area (Å²) in [5, 5.41) is 2.71. The van der Waals surface area contributed by atoms with Crippen LogP contribution in [0.15, 0.2) is 54.6 Å². The molecule has 2 aromatic rings. The SMILES string of the molecule is CCc1cc(C2=CCC=C2)c2ccccc2c1. The van der Waals surface area contributed by atoms with Crippen LogP contribution in [0.4, 0.5) is 0 Å². The Kier molecular flexibility index (Phi) is 2.56. The Bertz CT molecular complexity index is 615. The lowest BCUT2D eigenvalue weighted by Crippen LogP contribution is -1.88. The van der Waals surface area contributed by atoms with Crippen molar-refractivity contribution in [1.82, 2.24) is 0 Å². The summed E-state index contributed by atoms with van der Waals surface area (Å²) >= 11 is 0. The summed E-state index contributed by atoms with van der Waals surface area (Å²) in [6, 6.07) is 13.3. The van der Waals surface area contributed by atoms with E-state index >= 15 is 0 Å². The van der Waals surface area contributed by atoms with Gasteiger partial charge in [0.05, 0.1) is 0 Å². The third-order valence-corrected chi connectivity index (χ3v) is 3.41. The van der Waals surface area contributed by atoms with E-state index in [0.717, 1.165) is 12.8 Å². The highest BCUT2D eigenvalue weighted by Crippen LogP contribution is 2.30. The highest BCUT2D eigenvalue weighted by atomic mass is 14.1. The molecule has 0 atom stereocenters. The predicted molar refractivity (Wildman–Crippen MR) is 75.1 cm³/mol. The Morgan fingerprint density at radius 3 is 2.76 bits per heavy atom. The topological polar surface area (TPSA) is 0 Å². The van der Waals surface area contributed by atoms with Gasteiger partial charge in [-0.25, -0.2) is 0 Å². The minimum atomic E-state index is 1.07. The van der Waals surface area contributed by atoms with Crippen molar-refractivity contribution in [3.8, 4) is 0 Å². The quantitative estimate of drug-likeness (QED) is 0.685. The fourth-order valence-electron chi connectivity index (χ4n) is 2.47. The standard InChI is InChI=1S/C17H16/c1-2-13-11-15-9-5-6-10-16(15)17(12-13)14-7-3-4-8-14/h3,5-12H,2,4H2,1H3. The molecule has 0 amide bonds. The van der Waals surface area contributed by atoms with Gasteiger partial charge >= 0.3 is 0 Å². The molecule has 0 saturated heterocycles. The Balaban J connectivity index is 2.30. The molecule has 0 radical (unpaired) electrons. The van der Waals surface area contributed by atoms with Gasteiger partial charge in [0.2, 0.25) is 0 Å². The van der Waals surface area contributed by atoms with Gasteiger partial charge in [0, 0.05) is 0 Å². The molecule has 0 spiro atoms. The number of fused-ring (bicyclic) bond motifs is 1. The number of benzene rings is 2. The highest BCUT2D eigenvalue weighted by Gasteiger charge is 2.07. The van der Waals surface area contributed by atoms with Crippen molar-refractivity contribution in [2.75, 3.05) is 0 Å². The van der Waals surface area contributed by atoms with Crippen LogP contribution in [0, 0.1) is 0 Å². The van der Waals surface area contributed by atoms with Gasteiger partial charge in [0.1, 0.15) is 0 Å². The monoisotopic (exact) mass is 220 g/mol. The molecule has 0 nitrogen and oxygen atoms in total. The van der Waals surface area contributed by atoms with Crippen LogP contribution in [-0.2, 0) is 6.42 Å². The average molecular weight is 220 g/mol. The number of rotatable bonds is 2. The summed E-state index contributed by atoms with van der Waals surface area (Å²) in [6.45, 7) is 2.22. The molecule has 0 bridgehead atoms. The lowest BCUT2D eigenvalue weighted by molar-refractivity contribution is 1.14. The van der Waals surface area contributed by atoms with Gasteiger partial charge in [-0.2, -0.15) is 0 Å². The van der Waals surface area contributed by atoms with Crippen LogP contribution < -0.4 is 0 Å². The highest BCUT2D eigenvalue weighted by molar-refractivity contribution is 5.97. The molecule has 1 aliphatic rings. The van der Waals surface area contributed by atoms with E-state index in [2.05, 4.69) is 61.5 Å². The van der Waals surface area contributed by atoms with Crippen LogP contribution in [0.25, 0.3) is 16.3 Å². The fraction of sp³-hybridized carbons (Fsp3) is 0.176. The third kappa shape index (κ3) is 1.80. The first-order valence-electron chi connectivity index (χ1n) is 6.27. The minimum absolute atomic E-state index is 1.07. The van der Waals surface area contributed by atoms with Crippen LogP contribution in [0.1, 0.15) is 24.5 Å². The van der Waals surface area contributed by atoms with Crippen molar-refractivity contribution in [2.24, 2.45) is 0 Å². The van der Waals surface area contributed by atoms with E-state index in [4.69, 9.17) is 0 Å². The summed E-state index contributed by atoms with van der Waals surface area (Å²) < 4.78 is 0. The molecule has 1 aliphatic carbocycles. The van der Waals surface area contributed by atoms with E-state index in [1.165, 1.54) is 27.5 Å². The van der Waals surface area contributed by atoms with Crippen LogP contribution in [-0.4, -0.2) is 0 Å². The normalized spacial score (nSPS) is 14.3. The van der Waals surface area contributed by atoms with Crippen molar-refractivity contribution in [1.29, 1.82) is 0 Å². The van der Waals surface area contributed by atoms with E-state index < -0.39 is 0 Å². The maximum absolute atomic E-state index is 2.34. The first kappa shape index (κ1) is 10.3. The van der Waals surface area contributed by atoms with Crippen LogP contribution in [0.3, 0.4) is 0 Å². The van der Waals surface area contributed by atoms with Gasteiger partial charge in [0.15, 0.2) is 0 Å². The molecule has 0 saturated carbocycles. The zero-order valence-electron chi connectivity index (χ0n) is 10.1. The van der Waals surface area contributed by atoms with Gasteiger partial charge in [0.25, 0.3) is 0 Å². The Morgan fingerprint density at radius 2 is 2.00 bits per heavy atom. The molecule has 0 heterocycles. The van der Waals surface area contributed by atoms with Crippen molar-refractivity contribution < 1.29 is 0 Å². The van der Waals surface area contributed by atoms with E-state index in [1.807, 2.05) is 0 Å². The van der Waals surface area contributed by atoms with Crippen molar-refractivity contribution in [3.05, 3.63) is 65.8 Å². The summed E-state index contributed by atoms with van der Waals surface area (Å²) in [4.78, 5) is 0. The Labute approximate surface area is 102 Å².